The molecule has 0 saturated heterocycles. The molecule has 0 fully saturated rings. The van der Waals surface area contributed by atoms with Gasteiger partial charge in [0, 0.05) is 11.8 Å². The Kier molecular flexibility index (Phi) is 5.72. The number of amides is 1. The average Bonchev–Trinajstić information content (AvgIpc) is 2.69. The molecule has 0 aromatic carbocycles. The molecule has 1 aromatic heterocycles. The minimum atomic E-state index is -4.60. The van der Waals surface area contributed by atoms with E-state index >= 15 is 0 Å². The quantitative estimate of drug-likeness (QED) is 0.663. The van der Waals surface area contributed by atoms with Crippen molar-refractivity contribution in [1.82, 2.24) is 15.1 Å². The third-order valence-corrected chi connectivity index (χ3v) is 2.44. The first kappa shape index (κ1) is 17.7. The number of nitrogens with zero attached hydrogens (tertiary/aromatic N) is 2. The van der Waals surface area contributed by atoms with Crippen LogP contribution in [0.2, 0.25) is 0 Å². The van der Waals surface area contributed by atoms with Crippen LogP contribution in [0, 0.1) is 6.92 Å². The number of carbonyl (C=O) groups excluding carboxylic acids is 2. The lowest BCUT2D eigenvalue weighted by molar-refractivity contribution is -0.144. The van der Waals surface area contributed by atoms with Crippen LogP contribution >= 0.6 is 0 Å². The first-order valence-corrected chi connectivity index (χ1v) is 6.40. The normalized spacial score (nSPS) is 12.2. The fourth-order valence-corrected chi connectivity index (χ4v) is 1.69. The van der Waals surface area contributed by atoms with Gasteiger partial charge in [-0.25, -0.2) is 4.79 Å². The number of hydrogen-bond acceptors (Lipinski definition) is 4. The fraction of sp³-hybridized carbons (Fsp3) is 0.462. The maximum absolute atomic E-state index is 12.8. The SMILES string of the molecule is CCOC(=O)/C=C(\C)NC(=O)Cn1nc(C)cc1C(F)(F)F. The summed E-state index contributed by atoms with van der Waals surface area (Å²) in [6.45, 7) is 4.01. The van der Waals surface area contributed by atoms with Gasteiger partial charge in [-0.3, -0.25) is 9.48 Å². The molecule has 1 N–H and O–H groups in total. The summed E-state index contributed by atoms with van der Waals surface area (Å²) >= 11 is 0. The summed E-state index contributed by atoms with van der Waals surface area (Å²) in [5.41, 5.74) is -0.688. The van der Waals surface area contributed by atoms with E-state index in [0.717, 1.165) is 12.1 Å². The van der Waals surface area contributed by atoms with Crippen LogP contribution in [0.15, 0.2) is 17.8 Å². The molecular weight excluding hydrogens is 303 g/mol. The smallest absolute Gasteiger partial charge is 0.433 e. The average molecular weight is 319 g/mol. The van der Waals surface area contributed by atoms with Gasteiger partial charge in [0.05, 0.1) is 12.3 Å². The van der Waals surface area contributed by atoms with Crippen LogP contribution < -0.4 is 5.32 Å². The lowest BCUT2D eigenvalue weighted by Gasteiger charge is -2.10. The van der Waals surface area contributed by atoms with Gasteiger partial charge in [-0.15, -0.1) is 0 Å². The molecule has 22 heavy (non-hydrogen) atoms. The second-order valence-corrected chi connectivity index (χ2v) is 4.45. The monoisotopic (exact) mass is 319 g/mol. The molecular formula is C13H16F3N3O3. The van der Waals surface area contributed by atoms with E-state index in [-0.39, 0.29) is 18.0 Å². The van der Waals surface area contributed by atoms with E-state index in [1.807, 2.05) is 0 Å². The molecule has 0 aliphatic carbocycles. The number of aryl methyl sites for hydroxylation is 1. The highest BCUT2D eigenvalue weighted by Gasteiger charge is 2.35. The number of alkyl halides is 3. The Bertz CT molecular complexity index is 591. The largest absolute Gasteiger partial charge is 0.463 e. The second-order valence-electron chi connectivity index (χ2n) is 4.45. The minimum Gasteiger partial charge on any atom is -0.463 e. The summed E-state index contributed by atoms with van der Waals surface area (Å²) in [5, 5.41) is 5.94. The highest BCUT2D eigenvalue weighted by Crippen LogP contribution is 2.29. The Balaban J connectivity index is 2.76. The third-order valence-electron chi connectivity index (χ3n) is 2.44. The zero-order valence-corrected chi connectivity index (χ0v) is 12.3. The number of halogens is 3. The number of carbonyl (C=O) groups is 2. The highest BCUT2D eigenvalue weighted by molar-refractivity contribution is 5.84. The second kappa shape index (κ2) is 7.10. The molecule has 0 unspecified atom stereocenters. The van der Waals surface area contributed by atoms with Gasteiger partial charge in [-0.2, -0.15) is 18.3 Å². The van der Waals surface area contributed by atoms with Crippen LogP contribution in [-0.2, 0) is 27.0 Å². The predicted molar refractivity (Wildman–Crippen MR) is 70.5 cm³/mol. The topological polar surface area (TPSA) is 73.2 Å². The van der Waals surface area contributed by atoms with Gasteiger partial charge in [-0.05, 0) is 26.8 Å². The first-order chi connectivity index (χ1) is 10.1. The fourth-order valence-electron chi connectivity index (χ4n) is 1.69. The van der Waals surface area contributed by atoms with E-state index in [2.05, 4.69) is 15.2 Å². The summed E-state index contributed by atoms with van der Waals surface area (Å²) in [6.07, 6.45) is -3.56. The van der Waals surface area contributed by atoms with Crippen molar-refractivity contribution in [2.75, 3.05) is 6.61 Å². The lowest BCUT2D eigenvalue weighted by atomic mass is 10.3. The number of esters is 1. The predicted octanol–water partition coefficient (Wildman–Crippen LogP) is 1.79. The van der Waals surface area contributed by atoms with Gasteiger partial charge < -0.3 is 10.1 Å². The first-order valence-electron chi connectivity index (χ1n) is 6.40. The molecule has 0 saturated carbocycles. The van der Waals surface area contributed by atoms with Crippen molar-refractivity contribution in [3.05, 3.63) is 29.2 Å². The molecule has 0 bridgehead atoms. The molecule has 6 nitrogen and oxygen atoms in total. The standard InChI is InChI=1S/C13H16F3N3O3/c1-4-22-12(21)6-8(2)17-11(20)7-19-10(13(14,15)16)5-9(3)18-19/h5-6H,4,7H2,1-3H3,(H,17,20)/b8-6+. The summed E-state index contributed by atoms with van der Waals surface area (Å²) in [5.74, 6) is -1.38. The Morgan fingerprint density at radius 1 is 1.45 bits per heavy atom. The van der Waals surface area contributed by atoms with Crippen molar-refractivity contribution in [3.8, 4) is 0 Å². The van der Waals surface area contributed by atoms with E-state index in [1.165, 1.54) is 13.8 Å². The maximum atomic E-state index is 12.8. The lowest BCUT2D eigenvalue weighted by Crippen LogP contribution is -2.29. The molecule has 1 amide bonds. The summed E-state index contributed by atoms with van der Waals surface area (Å²) < 4.78 is 43.5. The summed E-state index contributed by atoms with van der Waals surface area (Å²) in [7, 11) is 0. The van der Waals surface area contributed by atoms with Crippen molar-refractivity contribution in [1.29, 1.82) is 0 Å². The van der Waals surface area contributed by atoms with Crippen molar-refractivity contribution in [2.45, 2.75) is 33.5 Å². The number of ether oxygens (including phenoxy) is 1. The van der Waals surface area contributed by atoms with E-state index in [0.29, 0.717) is 4.68 Å². The summed E-state index contributed by atoms with van der Waals surface area (Å²) in [4.78, 5) is 22.9. The number of aromatic nitrogens is 2. The van der Waals surface area contributed by atoms with Gasteiger partial charge in [0.15, 0.2) is 0 Å². The molecule has 0 spiro atoms. The zero-order valence-electron chi connectivity index (χ0n) is 12.3. The van der Waals surface area contributed by atoms with Crippen LogP contribution in [0.4, 0.5) is 13.2 Å². The molecule has 1 heterocycles. The van der Waals surface area contributed by atoms with Crippen molar-refractivity contribution in [2.24, 2.45) is 0 Å². The van der Waals surface area contributed by atoms with Gasteiger partial charge in [0.25, 0.3) is 0 Å². The highest BCUT2D eigenvalue weighted by atomic mass is 19.4. The van der Waals surface area contributed by atoms with Crippen LogP contribution in [0.1, 0.15) is 25.2 Å². The van der Waals surface area contributed by atoms with Crippen LogP contribution in [0.5, 0.6) is 0 Å². The Hall–Kier alpha value is -2.32. The van der Waals surface area contributed by atoms with Gasteiger partial charge >= 0.3 is 12.1 Å². The number of nitrogens with one attached hydrogen (secondary N) is 1. The van der Waals surface area contributed by atoms with E-state index in [1.54, 1.807) is 6.92 Å². The molecule has 0 radical (unpaired) electrons. The van der Waals surface area contributed by atoms with Crippen LogP contribution in [-0.4, -0.2) is 28.3 Å². The van der Waals surface area contributed by atoms with E-state index < -0.39 is 30.3 Å². The molecule has 1 rings (SSSR count). The summed E-state index contributed by atoms with van der Waals surface area (Å²) in [6, 6.07) is 0.856. The minimum absolute atomic E-state index is 0.152. The molecule has 0 atom stereocenters. The van der Waals surface area contributed by atoms with Gasteiger partial charge in [0.1, 0.15) is 12.2 Å². The van der Waals surface area contributed by atoms with E-state index in [4.69, 9.17) is 0 Å². The number of rotatable bonds is 5. The van der Waals surface area contributed by atoms with Crippen LogP contribution in [0.25, 0.3) is 0 Å². The van der Waals surface area contributed by atoms with Crippen molar-refractivity contribution in [3.63, 3.8) is 0 Å². The number of allylic oxidation sites excluding steroid dienone is 1. The zero-order chi connectivity index (χ0) is 16.9. The van der Waals surface area contributed by atoms with Gasteiger partial charge in [0.2, 0.25) is 5.91 Å². The molecule has 122 valence electrons. The molecule has 0 aliphatic heterocycles. The van der Waals surface area contributed by atoms with Crippen molar-refractivity contribution < 1.29 is 27.5 Å². The Labute approximate surface area is 124 Å². The van der Waals surface area contributed by atoms with Crippen LogP contribution in [0.3, 0.4) is 0 Å². The van der Waals surface area contributed by atoms with E-state index in [9.17, 15) is 22.8 Å². The van der Waals surface area contributed by atoms with Gasteiger partial charge in [-0.1, -0.05) is 0 Å². The third kappa shape index (κ3) is 5.23. The molecule has 0 aliphatic rings. The number of hydrogen-bond donors (Lipinski definition) is 1. The molecule has 9 heteroatoms. The van der Waals surface area contributed by atoms with Crippen molar-refractivity contribution >= 4 is 11.9 Å². The Morgan fingerprint density at radius 2 is 2.09 bits per heavy atom. The Morgan fingerprint density at radius 3 is 2.64 bits per heavy atom. The maximum Gasteiger partial charge on any atom is 0.433 e. The molecule has 1 aromatic rings.